The SMILES string of the molecule is O=C(COc1ccc(Br)cc1)N/N=C/c1ccc([N+](=O)[O-])o1. The largest absolute Gasteiger partial charge is 0.484 e. The third-order valence-electron chi connectivity index (χ3n) is 2.36. The summed E-state index contributed by atoms with van der Waals surface area (Å²) in [6, 6.07) is 9.56. The average molecular weight is 368 g/mol. The van der Waals surface area contributed by atoms with Crippen LogP contribution in [0.3, 0.4) is 0 Å². The molecule has 22 heavy (non-hydrogen) atoms. The maximum absolute atomic E-state index is 11.5. The summed E-state index contributed by atoms with van der Waals surface area (Å²) in [7, 11) is 0. The lowest BCUT2D eigenvalue weighted by molar-refractivity contribution is -0.402. The van der Waals surface area contributed by atoms with Gasteiger partial charge in [-0.2, -0.15) is 5.10 Å². The Labute approximate surface area is 133 Å². The number of rotatable bonds is 6. The number of carbonyl (C=O) groups excluding carboxylic acids is 1. The van der Waals surface area contributed by atoms with Gasteiger partial charge in [-0.15, -0.1) is 0 Å². The van der Waals surface area contributed by atoms with Crippen molar-refractivity contribution in [1.82, 2.24) is 5.43 Å². The molecule has 0 saturated carbocycles. The fourth-order valence-electron chi connectivity index (χ4n) is 1.39. The van der Waals surface area contributed by atoms with Crippen molar-refractivity contribution in [2.45, 2.75) is 0 Å². The van der Waals surface area contributed by atoms with E-state index in [2.05, 4.69) is 26.5 Å². The minimum Gasteiger partial charge on any atom is -0.484 e. The van der Waals surface area contributed by atoms with E-state index >= 15 is 0 Å². The van der Waals surface area contributed by atoms with Crippen molar-refractivity contribution in [3.05, 3.63) is 56.7 Å². The molecular weight excluding hydrogens is 358 g/mol. The van der Waals surface area contributed by atoms with E-state index in [0.717, 1.165) is 10.7 Å². The molecule has 1 N–H and O–H groups in total. The van der Waals surface area contributed by atoms with Gasteiger partial charge in [-0.1, -0.05) is 15.9 Å². The molecule has 0 unspecified atom stereocenters. The lowest BCUT2D eigenvalue weighted by Crippen LogP contribution is -2.24. The minimum atomic E-state index is -0.665. The van der Waals surface area contributed by atoms with Gasteiger partial charge in [0.25, 0.3) is 5.91 Å². The maximum Gasteiger partial charge on any atom is 0.433 e. The normalized spacial score (nSPS) is 10.6. The third kappa shape index (κ3) is 4.70. The van der Waals surface area contributed by atoms with Gasteiger partial charge < -0.3 is 9.15 Å². The van der Waals surface area contributed by atoms with Gasteiger partial charge in [0.2, 0.25) is 0 Å². The summed E-state index contributed by atoms with van der Waals surface area (Å²) in [5.41, 5.74) is 2.22. The van der Waals surface area contributed by atoms with E-state index < -0.39 is 16.7 Å². The van der Waals surface area contributed by atoms with Crippen LogP contribution in [0, 0.1) is 10.1 Å². The first-order valence-electron chi connectivity index (χ1n) is 5.99. The van der Waals surface area contributed by atoms with Gasteiger partial charge in [0.05, 0.1) is 12.3 Å². The Bertz CT molecular complexity index is 696. The zero-order chi connectivity index (χ0) is 15.9. The van der Waals surface area contributed by atoms with E-state index in [1.54, 1.807) is 24.3 Å². The van der Waals surface area contributed by atoms with Gasteiger partial charge in [0.15, 0.2) is 12.4 Å². The average Bonchev–Trinajstić information content (AvgIpc) is 2.96. The molecule has 1 heterocycles. The standard InChI is InChI=1S/C13H10BrN3O5/c14-9-1-3-10(4-2-9)21-8-12(18)16-15-7-11-5-6-13(22-11)17(19)20/h1-7H,8H2,(H,16,18)/b15-7+. The molecule has 9 heteroatoms. The summed E-state index contributed by atoms with van der Waals surface area (Å²) in [4.78, 5) is 21.2. The maximum atomic E-state index is 11.5. The van der Waals surface area contributed by atoms with Gasteiger partial charge in [-0.05, 0) is 30.3 Å². The number of nitrogens with one attached hydrogen (secondary N) is 1. The summed E-state index contributed by atoms with van der Waals surface area (Å²) in [5.74, 6) is -0.170. The van der Waals surface area contributed by atoms with Crippen molar-refractivity contribution in [2.75, 3.05) is 6.61 Å². The summed E-state index contributed by atoms with van der Waals surface area (Å²) >= 11 is 3.29. The molecule has 0 radical (unpaired) electrons. The molecule has 0 spiro atoms. The molecular formula is C13H10BrN3O5. The molecule has 0 bridgehead atoms. The van der Waals surface area contributed by atoms with Crippen molar-refractivity contribution in [1.29, 1.82) is 0 Å². The lowest BCUT2D eigenvalue weighted by atomic mass is 10.3. The summed E-state index contributed by atoms with van der Waals surface area (Å²) < 4.78 is 11.0. The van der Waals surface area contributed by atoms with E-state index in [4.69, 9.17) is 9.15 Å². The Morgan fingerprint density at radius 2 is 2.09 bits per heavy atom. The quantitative estimate of drug-likeness (QED) is 0.479. The minimum absolute atomic E-state index is 0.154. The van der Waals surface area contributed by atoms with Crippen molar-refractivity contribution in [3.8, 4) is 5.75 Å². The van der Waals surface area contributed by atoms with Gasteiger partial charge in [0.1, 0.15) is 10.7 Å². The van der Waals surface area contributed by atoms with E-state index in [1.807, 2.05) is 0 Å². The predicted molar refractivity (Wildman–Crippen MR) is 80.7 cm³/mol. The van der Waals surface area contributed by atoms with Crippen LogP contribution in [0.15, 0.2) is 50.4 Å². The summed E-state index contributed by atoms with van der Waals surface area (Å²) in [6.45, 7) is -0.211. The fourth-order valence-corrected chi connectivity index (χ4v) is 1.65. The number of benzene rings is 1. The molecule has 1 aromatic heterocycles. The smallest absolute Gasteiger partial charge is 0.433 e. The second-order valence-corrected chi connectivity index (χ2v) is 4.88. The molecule has 0 aliphatic carbocycles. The van der Waals surface area contributed by atoms with Crippen LogP contribution in [0.25, 0.3) is 0 Å². The highest BCUT2D eigenvalue weighted by atomic mass is 79.9. The van der Waals surface area contributed by atoms with Crippen molar-refractivity contribution >= 4 is 33.9 Å². The zero-order valence-corrected chi connectivity index (χ0v) is 12.6. The summed E-state index contributed by atoms with van der Waals surface area (Å²) in [5, 5.41) is 14.0. The van der Waals surface area contributed by atoms with Crippen LogP contribution in [0.4, 0.5) is 5.88 Å². The molecule has 8 nitrogen and oxygen atoms in total. The molecule has 1 amide bonds. The number of hydrazone groups is 1. The third-order valence-corrected chi connectivity index (χ3v) is 2.89. The lowest BCUT2D eigenvalue weighted by Gasteiger charge is -2.04. The van der Waals surface area contributed by atoms with E-state index in [1.165, 1.54) is 12.1 Å². The van der Waals surface area contributed by atoms with Crippen LogP contribution in [-0.2, 0) is 4.79 Å². The Hall–Kier alpha value is -2.68. The number of furan rings is 1. The molecule has 0 fully saturated rings. The van der Waals surface area contributed by atoms with Crippen LogP contribution in [0.1, 0.15) is 5.76 Å². The molecule has 2 aromatic rings. The number of hydrogen-bond acceptors (Lipinski definition) is 6. The molecule has 0 atom stereocenters. The second-order valence-electron chi connectivity index (χ2n) is 3.97. The Morgan fingerprint density at radius 3 is 2.73 bits per heavy atom. The number of halogens is 1. The Morgan fingerprint density at radius 1 is 1.36 bits per heavy atom. The number of carbonyl (C=O) groups is 1. The first-order valence-corrected chi connectivity index (χ1v) is 6.78. The van der Waals surface area contributed by atoms with Crippen LogP contribution < -0.4 is 10.2 Å². The highest BCUT2D eigenvalue weighted by Crippen LogP contribution is 2.16. The highest BCUT2D eigenvalue weighted by molar-refractivity contribution is 9.10. The molecule has 0 saturated heterocycles. The number of ether oxygens (including phenoxy) is 1. The van der Waals surface area contributed by atoms with Crippen molar-refractivity contribution < 1.29 is 18.9 Å². The molecule has 0 aliphatic rings. The Balaban J connectivity index is 1.78. The van der Waals surface area contributed by atoms with Crippen LogP contribution in [-0.4, -0.2) is 23.7 Å². The van der Waals surface area contributed by atoms with Crippen molar-refractivity contribution in [2.24, 2.45) is 5.10 Å². The topological polar surface area (TPSA) is 107 Å². The van der Waals surface area contributed by atoms with E-state index in [0.29, 0.717) is 5.75 Å². The number of nitrogens with zero attached hydrogens (tertiary/aromatic N) is 2. The summed E-state index contributed by atoms with van der Waals surface area (Å²) in [6.07, 6.45) is 1.16. The first-order chi connectivity index (χ1) is 10.5. The number of nitro groups is 1. The molecule has 2 rings (SSSR count). The van der Waals surface area contributed by atoms with Gasteiger partial charge in [-0.3, -0.25) is 14.9 Å². The highest BCUT2D eigenvalue weighted by Gasteiger charge is 2.10. The van der Waals surface area contributed by atoms with Gasteiger partial charge in [-0.25, -0.2) is 5.43 Å². The second kappa shape index (κ2) is 7.36. The van der Waals surface area contributed by atoms with E-state index in [-0.39, 0.29) is 12.4 Å². The Kier molecular flexibility index (Phi) is 5.26. The van der Waals surface area contributed by atoms with Gasteiger partial charge >= 0.3 is 5.88 Å². The van der Waals surface area contributed by atoms with Crippen LogP contribution >= 0.6 is 15.9 Å². The zero-order valence-electron chi connectivity index (χ0n) is 11.1. The fraction of sp³-hybridized carbons (Fsp3) is 0.0769. The monoisotopic (exact) mass is 367 g/mol. The molecule has 0 aliphatic heterocycles. The number of amides is 1. The van der Waals surface area contributed by atoms with Crippen molar-refractivity contribution in [3.63, 3.8) is 0 Å². The van der Waals surface area contributed by atoms with E-state index in [9.17, 15) is 14.9 Å². The molecule has 114 valence electrons. The molecule has 1 aromatic carbocycles. The van der Waals surface area contributed by atoms with Gasteiger partial charge in [0, 0.05) is 4.47 Å². The number of hydrogen-bond donors (Lipinski definition) is 1. The first kappa shape index (κ1) is 15.7. The van der Waals surface area contributed by atoms with Crippen LogP contribution in [0.5, 0.6) is 5.75 Å². The predicted octanol–water partition coefficient (Wildman–Crippen LogP) is 2.48. The van der Waals surface area contributed by atoms with Crippen LogP contribution in [0.2, 0.25) is 0 Å².